The number of nitrogens with one attached hydrogen (secondary N) is 2. The fraction of sp³-hybridized carbons (Fsp3) is 0.278. The zero-order valence-corrected chi connectivity index (χ0v) is 15.3. The van der Waals surface area contributed by atoms with Crippen molar-refractivity contribution < 1.29 is 23.7 Å². The summed E-state index contributed by atoms with van der Waals surface area (Å²) in [6.45, 7) is 3.11. The van der Waals surface area contributed by atoms with Gasteiger partial charge in [-0.05, 0) is 31.5 Å². The summed E-state index contributed by atoms with van der Waals surface area (Å²) < 4.78 is 4.85. The predicted octanol–water partition coefficient (Wildman–Crippen LogP) is 0.878. The molecule has 5 amide bonds. The molecule has 0 radical (unpaired) electrons. The minimum atomic E-state index is -1.36. The quantitative estimate of drug-likeness (QED) is 0.629. The number of nitrogens with zero attached hydrogens (tertiary/aromatic N) is 2. The van der Waals surface area contributed by atoms with Crippen LogP contribution in [0.4, 0.5) is 10.6 Å². The van der Waals surface area contributed by atoms with Gasteiger partial charge in [-0.3, -0.25) is 19.3 Å². The second-order valence-corrected chi connectivity index (χ2v) is 6.58. The van der Waals surface area contributed by atoms with E-state index in [4.69, 9.17) is 10.3 Å². The lowest BCUT2D eigenvalue weighted by Crippen LogP contribution is -2.41. The summed E-state index contributed by atoms with van der Waals surface area (Å²) in [4.78, 5) is 49.6. The van der Waals surface area contributed by atoms with Gasteiger partial charge < -0.3 is 20.9 Å². The van der Waals surface area contributed by atoms with Gasteiger partial charge in [-0.15, -0.1) is 0 Å². The fourth-order valence-electron chi connectivity index (χ4n) is 2.92. The van der Waals surface area contributed by atoms with Crippen LogP contribution in [0.1, 0.15) is 35.0 Å². The van der Waals surface area contributed by atoms with Crippen molar-refractivity contribution >= 4 is 29.6 Å². The third-order valence-corrected chi connectivity index (χ3v) is 4.46. The van der Waals surface area contributed by atoms with Crippen LogP contribution in [0.25, 0.3) is 0 Å². The molecule has 10 heteroatoms. The summed E-state index contributed by atoms with van der Waals surface area (Å²) in [6, 6.07) is 7.11. The number of nitrogens with two attached hydrogens (primary N) is 1. The minimum absolute atomic E-state index is 0.109. The van der Waals surface area contributed by atoms with Gasteiger partial charge in [0.25, 0.3) is 5.91 Å². The maximum atomic E-state index is 12.9. The molecule has 0 spiro atoms. The number of carbonyl (C=O) groups is 4. The fourth-order valence-corrected chi connectivity index (χ4v) is 2.92. The molecular formula is C18H19N5O5. The molecule has 10 nitrogen and oxygen atoms in total. The van der Waals surface area contributed by atoms with Crippen LogP contribution >= 0.6 is 0 Å². The van der Waals surface area contributed by atoms with Gasteiger partial charge in [0.15, 0.2) is 5.82 Å². The van der Waals surface area contributed by atoms with Gasteiger partial charge in [0.1, 0.15) is 11.3 Å². The molecule has 1 aliphatic heterocycles. The Morgan fingerprint density at radius 3 is 2.71 bits per heavy atom. The van der Waals surface area contributed by atoms with Gasteiger partial charge in [-0.1, -0.05) is 17.3 Å². The summed E-state index contributed by atoms with van der Waals surface area (Å²) in [5, 5.41) is 8.79. The van der Waals surface area contributed by atoms with Crippen LogP contribution in [0.5, 0.6) is 0 Å². The molecular weight excluding hydrogens is 366 g/mol. The maximum Gasteiger partial charge on any atom is 0.325 e. The van der Waals surface area contributed by atoms with E-state index in [0.29, 0.717) is 11.3 Å². The first kappa shape index (κ1) is 19.1. The molecule has 1 aliphatic rings. The molecule has 1 atom stereocenters. The van der Waals surface area contributed by atoms with Crippen molar-refractivity contribution in [2.75, 3.05) is 11.9 Å². The highest BCUT2D eigenvalue weighted by atomic mass is 16.5. The normalized spacial score (nSPS) is 18.9. The number of primary amides is 1. The first-order valence-electron chi connectivity index (χ1n) is 8.48. The highest BCUT2D eigenvalue weighted by Crippen LogP contribution is 2.29. The van der Waals surface area contributed by atoms with Crippen LogP contribution < -0.4 is 16.4 Å². The lowest BCUT2D eigenvalue weighted by atomic mass is 9.90. The van der Waals surface area contributed by atoms with E-state index in [1.165, 1.54) is 19.1 Å². The van der Waals surface area contributed by atoms with Crippen LogP contribution in [0, 0.1) is 6.92 Å². The SMILES string of the molecule is Cc1cc(NC(=O)CCN2C(=O)N[C@](C)(c3cccc(C(N)=O)c3)C2=O)no1. The molecule has 28 heavy (non-hydrogen) atoms. The zero-order valence-electron chi connectivity index (χ0n) is 15.3. The van der Waals surface area contributed by atoms with Crippen LogP contribution in [-0.2, 0) is 15.1 Å². The van der Waals surface area contributed by atoms with E-state index in [1.807, 2.05) is 0 Å². The molecule has 2 aromatic rings. The average Bonchev–Trinajstić information content (AvgIpc) is 3.15. The highest BCUT2D eigenvalue weighted by molar-refractivity contribution is 6.07. The Balaban J connectivity index is 1.70. The number of urea groups is 1. The average molecular weight is 385 g/mol. The number of anilines is 1. The molecule has 0 aliphatic carbocycles. The van der Waals surface area contributed by atoms with Gasteiger partial charge in [0.05, 0.1) is 0 Å². The van der Waals surface area contributed by atoms with E-state index in [2.05, 4.69) is 15.8 Å². The van der Waals surface area contributed by atoms with E-state index in [-0.39, 0.29) is 24.3 Å². The molecule has 4 N–H and O–H groups in total. The largest absolute Gasteiger partial charge is 0.366 e. The number of hydrogen-bond acceptors (Lipinski definition) is 6. The summed E-state index contributed by atoms with van der Waals surface area (Å²) >= 11 is 0. The van der Waals surface area contributed by atoms with Crippen molar-refractivity contribution in [3.05, 3.63) is 47.2 Å². The van der Waals surface area contributed by atoms with E-state index in [0.717, 1.165) is 4.90 Å². The van der Waals surface area contributed by atoms with Crippen LogP contribution in [-0.4, -0.2) is 40.4 Å². The monoisotopic (exact) mass is 385 g/mol. The minimum Gasteiger partial charge on any atom is -0.366 e. The molecule has 146 valence electrons. The van der Waals surface area contributed by atoms with Crippen molar-refractivity contribution in [3.8, 4) is 0 Å². The van der Waals surface area contributed by atoms with Crippen molar-refractivity contribution in [1.82, 2.24) is 15.4 Å². The van der Waals surface area contributed by atoms with Crippen molar-refractivity contribution in [2.45, 2.75) is 25.8 Å². The van der Waals surface area contributed by atoms with E-state index in [1.54, 1.807) is 25.1 Å². The Kier molecular flexibility index (Phi) is 4.87. The highest BCUT2D eigenvalue weighted by Gasteiger charge is 2.48. The van der Waals surface area contributed by atoms with Crippen LogP contribution in [0.15, 0.2) is 34.9 Å². The molecule has 1 saturated heterocycles. The molecule has 0 bridgehead atoms. The van der Waals surface area contributed by atoms with Gasteiger partial charge in [0, 0.05) is 24.6 Å². The van der Waals surface area contributed by atoms with Crippen molar-refractivity contribution in [3.63, 3.8) is 0 Å². The van der Waals surface area contributed by atoms with Crippen molar-refractivity contribution in [2.24, 2.45) is 5.73 Å². The van der Waals surface area contributed by atoms with Gasteiger partial charge in [0.2, 0.25) is 11.8 Å². The van der Waals surface area contributed by atoms with E-state index >= 15 is 0 Å². The predicted molar refractivity (Wildman–Crippen MR) is 97.0 cm³/mol. The number of hydrogen-bond donors (Lipinski definition) is 3. The maximum absolute atomic E-state index is 12.9. The van der Waals surface area contributed by atoms with Gasteiger partial charge in [-0.25, -0.2) is 4.79 Å². The zero-order chi connectivity index (χ0) is 20.5. The Labute approximate surface area is 160 Å². The molecule has 3 rings (SSSR count). The number of aryl methyl sites for hydroxylation is 1. The smallest absolute Gasteiger partial charge is 0.325 e. The van der Waals surface area contributed by atoms with Gasteiger partial charge >= 0.3 is 6.03 Å². The molecule has 0 unspecified atom stereocenters. The molecule has 1 aromatic carbocycles. The Bertz CT molecular complexity index is 969. The molecule has 1 fully saturated rings. The van der Waals surface area contributed by atoms with E-state index in [9.17, 15) is 19.2 Å². The Hall–Kier alpha value is -3.69. The number of carbonyl (C=O) groups excluding carboxylic acids is 4. The third-order valence-electron chi connectivity index (χ3n) is 4.46. The molecule has 0 saturated carbocycles. The summed E-state index contributed by atoms with van der Waals surface area (Å²) in [5.41, 5.74) is 4.57. The standard InChI is InChI=1S/C18H19N5O5/c1-10-8-13(22-28-10)20-14(24)6-7-23-16(26)18(2,21-17(23)27)12-5-3-4-11(9-12)15(19)25/h3-5,8-9H,6-7H2,1-2H3,(H2,19,25)(H,21,27)(H,20,22,24)/t18-/m1/s1. The number of aromatic nitrogens is 1. The first-order valence-corrected chi connectivity index (χ1v) is 8.48. The first-order chi connectivity index (χ1) is 13.2. The number of amides is 5. The molecule has 2 heterocycles. The molecule has 1 aromatic heterocycles. The number of imide groups is 1. The van der Waals surface area contributed by atoms with Crippen LogP contribution in [0.3, 0.4) is 0 Å². The Morgan fingerprint density at radius 1 is 1.32 bits per heavy atom. The van der Waals surface area contributed by atoms with Crippen LogP contribution in [0.2, 0.25) is 0 Å². The Morgan fingerprint density at radius 2 is 2.07 bits per heavy atom. The van der Waals surface area contributed by atoms with Crippen molar-refractivity contribution in [1.29, 1.82) is 0 Å². The number of benzene rings is 1. The second kappa shape index (κ2) is 7.14. The number of rotatable bonds is 6. The lowest BCUT2D eigenvalue weighted by Gasteiger charge is -2.22. The third kappa shape index (κ3) is 3.56. The topological polar surface area (TPSA) is 148 Å². The van der Waals surface area contributed by atoms with Gasteiger partial charge in [-0.2, -0.15) is 0 Å². The summed E-state index contributed by atoms with van der Waals surface area (Å²) in [6.07, 6.45) is -0.109. The second-order valence-electron chi connectivity index (χ2n) is 6.58. The van der Waals surface area contributed by atoms with E-state index < -0.39 is 29.3 Å². The summed E-state index contributed by atoms with van der Waals surface area (Å²) in [7, 11) is 0. The summed E-state index contributed by atoms with van der Waals surface area (Å²) in [5.74, 6) is -0.785. The lowest BCUT2D eigenvalue weighted by molar-refractivity contribution is -0.131.